The van der Waals surface area contributed by atoms with Crippen molar-refractivity contribution in [1.82, 2.24) is 0 Å². The summed E-state index contributed by atoms with van der Waals surface area (Å²) in [6, 6.07) is 17.6. The lowest BCUT2D eigenvalue weighted by atomic mass is 9.99. The van der Waals surface area contributed by atoms with E-state index < -0.39 is 24.1 Å². The van der Waals surface area contributed by atoms with Gasteiger partial charge in [-0.15, -0.1) is 0 Å². The van der Waals surface area contributed by atoms with Crippen LogP contribution in [-0.4, -0.2) is 36.9 Å². The van der Waals surface area contributed by atoms with Gasteiger partial charge < -0.3 is 14.2 Å². The molecular formula is C21H22O5. The molecule has 136 valence electrons. The van der Waals surface area contributed by atoms with Gasteiger partial charge in [-0.2, -0.15) is 0 Å². The fourth-order valence-electron chi connectivity index (χ4n) is 2.98. The second kappa shape index (κ2) is 8.15. The fraction of sp³-hybridized carbons (Fsp3) is 0.333. The molecule has 2 aromatic carbocycles. The first-order chi connectivity index (χ1) is 12.6. The molecule has 26 heavy (non-hydrogen) atoms. The van der Waals surface area contributed by atoms with Crippen LogP contribution in [0.3, 0.4) is 0 Å². The lowest BCUT2D eigenvalue weighted by molar-refractivity contribution is -0.0399. The summed E-state index contributed by atoms with van der Waals surface area (Å²) >= 11 is 0. The number of esters is 2. The Morgan fingerprint density at radius 3 is 2.00 bits per heavy atom. The van der Waals surface area contributed by atoms with Gasteiger partial charge in [-0.05, 0) is 31.2 Å². The molecule has 1 fully saturated rings. The maximum atomic E-state index is 12.4. The summed E-state index contributed by atoms with van der Waals surface area (Å²) in [6.45, 7) is 3.93. The Balaban J connectivity index is 1.63. The summed E-state index contributed by atoms with van der Waals surface area (Å²) in [7, 11) is 0. The van der Waals surface area contributed by atoms with Gasteiger partial charge in [0.1, 0.15) is 18.8 Å². The normalized spacial score (nSPS) is 24.8. The highest BCUT2D eigenvalue weighted by Gasteiger charge is 2.43. The van der Waals surface area contributed by atoms with Crippen LogP contribution in [0.4, 0.5) is 0 Å². The van der Waals surface area contributed by atoms with E-state index in [-0.39, 0.29) is 18.6 Å². The summed E-state index contributed by atoms with van der Waals surface area (Å²) in [5, 5.41) is 0. The molecule has 1 saturated heterocycles. The average molecular weight is 354 g/mol. The van der Waals surface area contributed by atoms with Gasteiger partial charge in [0, 0.05) is 5.92 Å². The standard InChI is InChI=1S/C21H22O5/c1-14-15(2)25-18(13-24-20(22)16-9-5-3-6-10-16)19(14)26-21(23)17-11-7-4-8-12-17/h3-12,14-15,18-19H,13H2,1-2H3/t14?,15?,18-,19-/m0/s1. The molecule has 0 aromatic heterocycles. The van der Waals surface area contributed by atoms with Gasteiger partial charge in [-0.1, -0.05) is 43.3 Å². The zero-order chi connectivity index (χ0) is 18.5. The van der Waals surface area contributed by atoms with Gasteiger partial charge in [-0.3, -0.25) is 0 Å². The highest BCUT2D eigenvalue weighted by Crippen LogP contribution is 2.30. The number of hydrogen-bond acceptors (Lipinski definition) is 5. The first-order valence-electron chi connectivity index (χ1n) is 8.70. The topological polar surface area (TPSA) is 61.8 Å². The predicted octanol–water partition coefficient (Wildman–Crippen LogP) is 3.49. The highest BCUT2D eigenvalue weighted by atomic mass is 16.6. The van der Waals surface area contributed by atoms with Crippen molar-refractivity contribution in [2.45, 2.75) is 32.2 Å². The Kier molecular flexibility index (Phi) is 5.68. The molecular weight excluding hydrogens is 332 g/mol. The molecule has 0 N–H and O–H groups in total. The summed E-state index contributed by atoms with van der Waals surface area (Å²) < 4.78 is 16.9. The molecule has 1 aliphatic heterocycles. The largest absolute Gasteiger partial charge is 0.459 e. The average Bonchev–Trinajstić information content (AvgIpc) is 2.95. The van der Waals surface area contributed by atoms with E-state index in [9.17, 15) is 9.59 Å². The van der Waals surface area contributed by atoms with Crippen molar-refractivity contribution >= 4 is 11.9 Å². The minimum absolute atomic E-state index is 0.00286. The van der Waals surface area contributed by atoms with Gasteiger partial charge in [0.15, 0.2) is 0 Å². The molecule has 0 amide bonds. The first-order valence-corrected chi connectivity index (χ1v) is 8.70. The van der Waals surface area contributed by atoms with Crippen molar-refractivity contribution in [3.63, 3.8) is 0 Å². The second-order valence-corrected chi connectivity index (χ2v) is 6.44. The predicted molar refractivity (Wildman–Crippen MR) is 95.9 cm³/mol. The minimum atomic E-state index is -0.486. The molecule has 0 spiro atoms. The number of hydrogen-bond donors (Lipinski definition) is 0. The van der Waals surface area contributed by atoms with Crippen LogP contribution in [0.2, 0.25) is 0 Å². The molecule has 2 aromatic rings. The van der Waals surface area contributed by atoms with Crippen LogP contribution < -0.4 is 0 Å². The zero-order valence-corrected chi connectivity index (χ0v) is 14.8. The number of ether oxygens (including phenoxy) is 3. The maximum absolute atomic E-state index is 12.4. The molecule has 5 nitrogen and oxygen atoms in total. The summed E-state index contributed by atoms with van der Waals surface area (Å²) in [5.74, 6) is -0.822. The van der Waals surface area contributed by atoms with Crippen molar-refractivity contribution in [3.8, 4) is 0 Å². The second-order valence-electron chi connectivity index (χ2n) is 6.44. The van der Waals surface area contributed by atoms with E-state index in [1.807, 2.05) is 26.0 Å². The summed E-state index contributed by atoms with van der Waals surface area (Å²) in [4.78, 5) is 24.5. The number of carbonyl (C=O) groups excluding carboxylic acids is 2. The molecule has 1 heterocycles. The lowest BCUT2D eigenvalue weighted by Crippen LogP contribution is -2.35. The third kappa shape index (κ3) is 4.11. The van der Waals surface area contributed by atoms with E-state index in [2.05, 4.69) is 0 Å². The molecule has 3 rings (SSSR count). The van der Waals surface area contributed by atoms with Gasteiger partial charge in [0.05, 0.1) is 17.2 Å². The van der Waals surface area contributed by atoms with Gasteiger partial charge in [0.25, 0.3) is 0 Å². The van der Waals surface area contributed by atoms with Crippen molar-refractivity contribution in [2.75, 3.05) is 6.61 Å². The third-order valence-corrected chi connectivity index (χ3v) is 4.66. The Hall–Kier alpha value is -2.66. The molecule has 5 heteroatoms. The van der Waals surface area contributed by atoms with E-state index in [1.54, 1.807) is 48.5 Å². The molecule has 0 saturated carbocycles. The lowest BCUT2D eigenvalue weighted by Gasteiger charge is -2.21. The molecule has 0 radical (unpaired) electrons. The van der Waals surface area contributed by atoms with E-state index >= 15 is 0 Å². The van der Waals surface area contributed by atoms with Gasteiger partial charge in [-0.25, -0.2) is 9.59 Å². The minimum Gasteiger partial charge on any atom is -0.459 e. The van der Waals surface area contributed by atoms with Crippen molar-refractivity contribution in [2.24, 2.45) is 5.92 Å². The van der Waals surface area contributed by atoms with E-state index in [0.29, 0.717) is 11.1 Å². The van der Waals surface area contributed by atoms with Crippen LogP contribution in [0.1, 0.15) is 34.6 Å². The van der Waals surface area contributed by atoms with Gasteiger partial charge in [0.2, 0.25) is 0 Å². The van der Waals surface area contributed by atoms with Gasteiger partial charge >= 0.3 is 11.9 Å². The van der Waals surface area contributed by atoms with E-state index in [4.69, 9.17) is 14.2 Å². The monoisotopic (exact) mass is 354 g/mol. The quantitative estimate of drug-likeness (QED) is 0.769. The highest BCUT2D eigenvalue weighted by molar-refractivity contribution is 5.90. The first kappa shape index (κ1) is 18.1. The van der Waals surface area contributed by atoms with Crippen molar-refractivity contribution in [1.29, 1.82) is 0 Å². The summed E-state index contributed by atoms with van der Waals surface area (Å²) in [6.07, 6.45) is -1.05. The Bertz CT molecular complexity index is 744. The van der Waals surface area contributed by atoms with Crippen molar-refractivity contribution in [3.05, 3.63) is 71.8 Å². The molecule has 0 aliphatic carbocycles. The maximum Gasteiger partial charge on any atom is 0.338 e. The van der Waals surface area contributed by atoms with Crippen LogP contribution in [0.25, 0.3) is 0 Å². The molecule has 4 atom stereocenters. The van der Waals surface area contributed by atoms with Crippen LogP contribution in [0, 0.1) is 5.92 Å². The summed E-state index contributed by atoms with van der Waals surface area (Å²) in [5.41, 5.74) is 0.962. The zero-order valence-electron chi connectivity index (χ0n) is 14.8. The fourth-order valence-corrected chi connectivity index (χ4v) is 2.98. The Morgan fingerprint density at radius 1 is 0.885 bits per heavy atom. The third-order valence-electron chi connectivity index (χ3n) is 4.66. The van der Waals surface area contributed by atoms with Crippen LogP contribution in [-0.2, 0) is 14.2 Å². The van der Waals surface area contributed by atoms with Crippen LogP contribution >= 0.6 is 0 Å². The van der Waals surface area contributed by atoms with Crippen LogP contribution in [0.5, 0.6) is 0 Å². The van der Waals surface area contributed by atoms with E-state index in [1.165, 1.54) is 0 Å². The van der Waals surface area contributed by atoms with Crippen molar-refractivity contribution < 1.29 is 23.8 Å². The Labute approximate surface area is 152 Å². The number of benzene rings is 2. The smallest absolute Gasteiger partial charge is 0.338 e. The Morgan fingerprint density at radius 2 is 1.42 bits per heavy atom. The number of rotatable bonds is 5. The van der Waals surface area contributed by atoms with E-state index in [0.717, 1.165) is 0 Å². The molecule has 1 aliphatic rings. The molecule has 0 bridgehead atoms. The molecule has 2 unspecified atom stereocenters. The van der Waals surface area contributed by atoms with Crippen LogP contribution in [0.15, 0.2) is 60.7 Å². The SMILES string of the molecule is CC1O[C@@H](COC(=O)c2ccccc2)[C@@H](OC(=O)c2ccccc2)C1C. The number of carbonyl (C=O) groups is 2.